The van der Waals surface area contributed by atoms with E-state index in [1.54, 1.807) is 53.6 Å². The molecule has 0 radical (unpaired) electrons. The van der Waals surface area contributed by atoms with Crippen LogP contribution in [0.4, 0.5) is 11.4 Å². The molecular formula is C20H18N4O4. The number of hydrogen-bond acceptors (Lipinski definition) is 7. The second-order valence-corrected chi connectivity index (χ2v) is 6.17. The van der Waals surface area contributed by atoms with E-state index in [4.69, 9.17) is 9.83 Å². The quantitative estimate of drug-likeness (QED) is 0.516. The standard InChI is InChI=1S/C20H18N4O4/c1-27-19(26)17-11-12-10-13(2-7-16(12)28-17)23-20-22-9-8-18(21)24(20)14-3-5-15(25)6-4-14/h2-11,20-23,25H,1H3. The van der Waals surface area contributed by atoms with Crippen LogP contribution in [-0.4, -0.2) is 30.3 Å². The molecule has 0 saturated carbocycles. The van der Waals surface area contributed by atoms with E-state index in [0.717, 1.165) is 16.8 Å². The summed E-state index contributed by atoms with van der Waals surface area (Å²) in [5.41, 5.74) is 2.09. The predicted molar refractivity (Wildman–Crippen MR) is 106 cm³/mol. The molecule has 0 amide bonds. The third kappa shape index (κ3) is 3.23. The van der Waals surface area contributed by atoms with Crippen molar-refractivity contribution in [3.8, 4) is 5.75 Å². The van der Waals surface area contributed by atoms with E-state index >= 15 is 0 Å². The SMILES string of the molecule is COC(=O)c1cc2cc(NC3NC=CC(=N)N3c3ccc(O)cc3)ccc2o1. The van der Waals surface area contributed by atoms with Gasteiger partial charge in [-0.3, -0.25) is 10.3 Å². The van der Waals surface area contributed by atoms with Gasteiger partial charge < -0.3 is 24.9 Å². The van der Waals surface area contributed by atoms with E-state index in [-0.39, 0.29) is 11.5 Å². The van der Waals surface area contributed by atoms with Crippen LogP contribution in [0.1, 0.15) is 10.6 Å². The number of aromatic hydroxyl groups is 1. The van der Waals surface area contributed by atoms with Crippen molar-refractivity contribution in [2.45, 2.75) is 6.29 Å². The molecule has 2 aromatic carbocycles. The molecule has 1 aliphatic rings. The number of benzene rings is 2. The van der Waals surface area contributed by atoms with E-state index < -0.39 is 12.3 Å². The minimum atomic E-state index is -0.531. The molecule has 4 N–H and O–H groups in total. The molecule has 8 heteroatoms. The highest BCUT2D eigenvalue weighted by Crippen LogP contribution is 2.26. The van der Waals surface area contributed by atoms with Crippen LogP contribution in [0, 0.1) is 5.41 Å². The summed E-state index contributed by atoms with van der Waals surface area (Å²) in [6.45, 7) is 0. The van der Waals surface area contributed by atoms with Gasteiger partial charge in [0.15, 0.2) is 6.29 Å². The topological polar surface area (TPSA) is 111 Å². The predicted octanol–water partition coefficient (Wildman–Crippen LogP) is 3.22. The Kier molecular flexibility index (Phi) is 4.36. The number of esters is 1. The van der Waals surface area contributed by atoms with Gasteiger partial charge >= 0.3 is 5.97 Å². The lowest BCUT2D eigenvalue weighted by Gasteiger charge is -2.36. The van der Waals surface area contributed by atoms with E-state index in [2.05, 4.69) is 15.4 Å². The first-order valence-electron chi connectivity index (χ1n) is 8.53. The number of carbonyl (C=O) groups is 1. The van der Waals surface area contributed by atoms with Crippen LogP contribution in [0.5, 0.6) is 5.75 Å². The van der Waals surface area contributed by atoms with Gasteiger partial charge in [0, 0.05) is 23.0 Å². The van der Waals surface area contributed by atoms with Crippen LogP contribution in [0.2, 0.25) is 0 Å². The number of phenols is 1. The van der Waals surface area contributed by atoms with E-state index in [1.807, 2.05) is 12.1 Å². The molecule has 8 nitrogen and oxygen atoms in total. The first kappa shape index (κ1) is 17.5. The molecular weight excluding hydrogens is 360 g/mol. The molecule has 2 heterocycles. The molecule has 0 aliphatic carbocycles. The second-order valence-electron chi connectivity index (χ2n) is 6.17. The van der Waals surface area contributed by atoms with E-state index in [1.165, 1.54) is 7.11 Å². The van der Waals surface area contributed by atoms with Crippen molar-refractivity contribution in [3.63, 3.8) is 0 Å². The van der Waals surface area contributed by atoms with Gasteiger partial charge in [-0.15, -0.1) is 0 Å². The van der Waals surface area contributed by atoms with E-state index in [9.17, 15) is 9.90 Å². The zero-order valence-corrected chi connectivity index (χ0v) is 15.0. The molecule has 4 rings (SSSR count). The van der Waals surface area contributed by atoms with Crippen molar-refractivity contribution in [2.24, 2.45) is 0 Å². The Morgan fingerprint density at radius 1 is 1.25 bits per heavy atom. The Hall–Kier alpha value is -3.94. The average Bonchev–Trinajstić information content (AvgIpc) is 3.12. The van der Waals surface area contributed by atoms with Crippen LogP contribution < -0.4 is 15.5 Å². The fraction of sp³-hybridized carbons (Fsp3) is 0.100. The molecule has 0 bridgehead atoms. The number of anilines is 2. The maximum atomic E-state index is 11.6. The van der Waals surface area contributed by atoms with Gasteiger partial charge in [0.2, 0.25) is 5.76 Å². The lowest BCUT2D eigenvalue weighted by molar-refractivity contribution is 0.0567. The Morgan fingerprint density at radius 3 is 2.79 bits per heavy atom. The number of nitrogens with zero attached hydrogens (tertiary/aromatic N) is 1. The largest absolute Gasteiger partial charge is 0.508 e. The fourth-order valence-electron chi connectivity index (χ4n) is 3.01. The van der Waals surface area contributed by atoms with E-state index in [0.29, 0.717) is 11.4 Å². The summed E-state index contributed by atoms with van der Waals surface area (Å²) in [5.74, 6) is 0.0593. The van der Waals surface area contributed by atoms with Gasteiger partial charge in [0.05, 0.1) is 7.11 Å². The summed E-state index contributed by atoms with van der Waals surface area (Å²) in [4.78, 5) is 13.4. The molecule has 3 aromatic rings. The maximum Gasteiger partial charge on any atom is 0.373 e. The molecule has 28 heavy (non-hydrogen) atoms. The Labute approximate surface area is 160 Å². The van der Waals surface area contributed by atoms with Crippen molar-refractivity contribution < 1.29 is 19.1 Å². The fourth-order valence-corrected chi connectivity index (χ4v) is 3.01. The summed E-state index contributed by atoms with van der Waals surface area (Å²) in [7, 11) is 1.30. The third-order valence-corrected chi connectivity index (χ3v) is 4.35. The minimum Gasteiger partial charge on any atom is -0.508 e. The van der Waals surface area contributed by atoms with Gasteiger partial charge in [0.1, 0.15) is 17.2 Å². The van der Waals surface area contributed by atoms with Crippen LogP contribution in [0.15, 0.2) is 65.2 Å². The number of methoxy groups -OCH3 is 1. The second kappa shape index (κ2) is 6.99. The lowest BCUT2D eigenvalue weighted by Crippen LogP contribution is -2.54. The number of amidine groups is 1. The van der Waals surface area contributed by atoms with Gasteiger partial charge in [-0.05, 0) is 54.6 Å². The molecule has 1 unspecified atom stereocenters. The number of hydrogen-bond donors (Lipinski definition) is 4. The van der Waals surface area contributed by atoms with Crippen LogP contribution in [0.25, 0.3) is 11.0 Å². The Morgan fingerprint density at radius 2 is 2.04 bits per heavy atom. The molecule has 0 saturated heterocycles. The lowest BCUT2D eigenvalue weighted by atomic mass is 10.2. The molecule has 1 aromatic heterocycles. The summed E-state index contributed by atoms with van der Waals surface area (Å²) in [5, 5.41) is 25.0. The van der Waals surface area contributed by atoms with Gasteiger partial charge in [0.25, 0.3) is 0 Å². The maximum absolute atomic E-state index is 11.6. The summed E-state index contributed by atoms with van der Waals surface area (Å²) in [6.07, 6.45) is 2.92. The normalized spacial score (nSPS) is 16.1. The first-order valence-corrected chi connectivity index (χ1v) is 8.53. The third-order valence-electron chi connectivity index (χ3n) is 4.35. The van der Waals surface area contributed by atoms with Crippen molar-refractivity contribution in [1.29, 1.82) is 5.41 Å². The molecule has 0 fully saturated rings. The number of furan rings is 1. The molecule has 1 aliphatic heterocycles. The zero-order valence-electron chi connectivity index (χ0n) is 15.0. The van der Waals surface area contributed by atoms with Crippen molar-refractivity contribution in [2.75, 3.05) is 17.3 Å². The van der Waals surface area contributed by atoms with Gasteiger partial charge in [-0.25, -0.2) is 4.79 Å². The van der Waals surface area contributed by atoms with Crippen molar-refractivity contribution in [3.05, 3.63) is 66.6 Å². The molecule has 1 atom stereocenters. The number of phenolic OH excluding ortho intramolecular Hbond substituents is 1. The number of nitrogens with one attached hydrogen (secondary N) is 3. The van der Waals surface area contributed by atoms with Crippen LogP contribution in [0.3, 0.4) is 0 Å². The minimum absolute atomic E-state index is 0.140. The van der Waals surface area contributed by atoms with Crippen LogP contribution >= 0.6 is 0 Å². The zero-order chi connectivity index (χ0) is 19.7. The highest BCUT2D eigenvalue weighted by molar-refractivity contribution is 6.05. The summed E-state index contributed by atoms with van der Waals surface area (Å²) >= 11 is 0. The van der Waals surface area contributed by atoms with Crippen molar-refractivity contribution in [1.82, 2.24) is 5.32 Å². The Bertz CT molecular complexity index is 1070. The summed E-state index contributed by atoms with van der Waals surface area (Å²) < 4.78 is 10.2. The number of rotatable bonds is 4. The highest BCUT2D eigenvalue weighted by Gasteiger charge is 2.24. The number of carbonyl (C=O) groups excluding carboxylic acids is 1. The number of fused-ring (bicyclic) bond motifs is 1. The van der Waals surface area contributed by atoms with Gasteiger partial charge in [-0.2, -0.15) is 0 Å². The number of ether oxygens (including phenoxy) is 1. The summed E-state index contributed by atoms with van der Waals surface area (Å²) in [6, 6.07) is 13.7. The van der Waals surface area contributed by atoms with Crippen molar-refractivity contribution >= 4 is 34.1 Å². The molecule has 142 valence electrons. The Balaban J connectivity index is 1.62. The van der Waals surface area contributed by atoms with Crippen LogP contribution in [-0.2, 0) is 4.74 Å². The average molecular weight is 378 g/mol. The monoisotopic (exact) mass is 378 g/mol. The highest BCUT2D eigenvalue weighted by atomic mass is 16.5. The molecule has 0 spiro atoms. The first-order chi connectivity index (χ1) is 13.5. The van der Waals surface area contributed by atoms with Gasteiger partial charge in [-0.1, -0.05) is 0 Å². The smallest absolute Gasteiger partial charge is 0.373 e.